The number of para-hydroxylation sites is 1. The average Bonchev–Trinajstić information content (AvgIpc) is 2.59. The molecule has 3 rings (SSSR count). The molecule has 0 saturated heterocycles. The zero-order valence-electron chi connectivity index (χ0n) is 13.1. The minimum atomic E-state index is -0.520. The summed E-state index contributed by atoms with van der Waals surface area (Å²) in [6.07, 6.45) is 5.28. The fourth-order valence-electron chi connectivity index (χ4n) is 2.61. The van der Waals surface area contributed by atoms with Gasteiger partial charge in [0.25, 0.3) is 0 Å². The van der Waals surface area contributed by atoms with Crippen LogP contribution in [-0.2, 0) is 4.79 Å². The van der Waals surface area contributed by atoms with Crippen LogP contribution in [0.2, 0.25) is 0 Å². The van der Waals surface area contributed by atoms with Gasteiger partial charge < -0.3 is 9.64 Å². The van der Waals surface area contributed by atoms with E-state index < -0.39 is 6.10 Å². The smallest absolute Gasteiger partial charge is 0.207 e. The number of carbonyl (C=O) groups excluding carboxylic acids is 1. The van der Waals surface area contributed by atoms with E-state index in [1.807, 2.05) is 91.0 Å². The Balaban J connectivity index is 1.91. The molecular formula is C20H19NO2. The summed E-state index contributed by atoms with van der Waals surface area (Å²) in [6.45, 7) is 2.47. The first kappa shape index (κ1) is 15.1. The number of hydrogen-bond donors (Lipinski definition) is 0. The highest BCUT2D eigenvalue weighted by Crippen LogP contribution is 2.25. The number of allylic oxidation sites excluding steroid dienone is 1. The Kier molecular flexibility index (Phi) is 4.57. The van der Waals surface area contributed by atoms with Crippen LogP contribution in [0.4, 0.5) is 0 Å². The van der Waals surface area contributed by atoms with Gasteiger partial charge in [0.1, 0.15) is 5.75 Å². The van der Waals surface area contributed by atoms with E-state index in [1.54, 1.807) is 0 Å². The van der Waals surface area contributed by atoms with Crippen LogP contribution in [0.3, 0.4) is 0 Å². The first-order chi connectivity index (χ1) is 11.3. The molecule has 3 heteroatoms. The topological polar surface area (TPSA) is 29.5 Å². The van der Waals surface area contributed by atoms with Gasteiger partial charge in [0.2, 0.25) is 5.78 Å². The second-order valence-corrected chi connectivity index (χ2v) is 5.37. The van der Waals surface area contributed by atoms with Crippen molar-refractivity contribution in [1.82, 2.24) is 4.90 Å². The number of hydrogen-bond acceptors (Lipinski definition) is 3. The van der Waals surface area contributed by atoms with Crippen molar-refractivity contribution in [2.45, 2.75) is 13.0 Å². The standard InChI is InChI=1S/C20H19NO2/c1-2-13-21-14-18(16-9-5-3-6-10-16)20(22)19(15-21)23-17-11-7-4-8-12-17/h2-14,19H,15H2,1H3. The van der Waals surface area contributed by atoms with E-state index in [-0.39, 0.29) is 5.78 Å². The molecule has 0 spiro atoms. The van der Waals surface area contributed by atoms with E-state index in [4.69, 9.17) is 4.74 Å². The summed E-state index contributed by atoms with van der Waals surface area (Å²) in [7, 11) is 0. The van der Waals surface area contributed by atoms with Gasteiger partial charge in [-0.3, -0.25) is 4.79 Å². The highest BCUT2D eigenvalue weighted by atomic mass is 16.5. The molecular weight excluding hydrogens is 286 g/mol. The van der Waals surface area contributed by atoms with Crippen molar-refractivity contribution in [2.24, 2.45) is 0 Å². The van der Waals surface area contributed by atoms with Crippen molar-refractivity contribution in [3.63, 3.8) is 0 Å². The lowest BCUT2D eigenvalue weighted by atomic mass is 9.96. The third kappa shape index (κ3) is 3.51. The van der Waals surface area contributed by atoms with E-state index in [0.717, 1.165) is 5.56 Å². The Bertz CT molecular complexity index is 720. The molecule has 116 valence electrons. The molecule has 23 heavy (non-hydrogen) atoms. The van der Waals surface area contributed by atoms with Crippen LogP contribution in [0.15, 0.2) is 79.1 Å². The summed E-state index contributed by atoms with van der Waals surface area (Å²) in [5, 5.41) is 0. The Labute approximate surface area is 136 Å². The van der Waals surface area contributed by atoms with E-state index in [9.17, 15) is 4.79 Å². The normalized spacial score (nSPS) is 18.1. The first-order valence-corrected chi connectivity index (χ1v) is 7.69. The van der Waals surface area contributed by atoms with Crippen molar-refractivity contribution in [3.8, 4) is 5.75 Å². The fourth-order valence-corrected chi connectivity index (χ4v) is 2.61. The average molecular weight is 305 g/mol. The molecule has 0 bridgehead atoms. The van der Waals surface area contributed by atoms with Crippen LogP contribution in [0.1, 0.15) is 12.5 Å². The van der Waals surface area contributed by atoms with E-state index in [0.29, 0.717) is 17.9 Å². The second-order valence-electron chi connectivity index (χ2n) is 5.37. The largest absolute Gasteiger partial charge is 0.480 e. The molecule has 0 radical (unpaired) electrons. The van der Waals surface area contributed by atoms with Crippen LogP contribution in [0.5, 0.6) is 5.75 Å². The predicted molar refractivity (Wildman–Crippen MR) is 91.8 cm³/mol. The van der Waals surface area contributed by atoms with Crippen LogP contribution < -0.4 is 4.74 Å². The number of benzene rings is 2. The molecule has 0 aromatic heterocycles. The third-order valence-electron chi connectivity index (χ3n) is 3.68. The number of Topliss-reactive ketones (excluding diaryl/α,β-unsaturated/α-hetero) is 1. The summed E-state index contributed by atoms with van der Waals surface area (Å²) >= 11 is 0. The fraction of sp³-hybridized carbons (Fsp3) is 0.150. The van der Waals surface area contributed by atoms with Gasteiger partial charge in [-0.15, -0.1) is 0 Å². The van der Waals surface area contributed by atoms with E-state index in [1.165, 1.54) is 0 Å². The van der Waals surface area contributed by atoms with Gasteiger partial charge in [0.15, 0.2) is 6.10 Å². The molecule has 3 nitrogen and oxygen atoms in total. The zero-order valence-corrected chi connectivity index (χ0v) is 13.1. The van der Waals surface area contributed by atoms with Crippen LogP contribution in [0, 0.1) is 0 Å². The molecule has 1 aliphatic rings. The van der Waals surface area contributed by atoms with Crippen LogP contribution >= 0.6 is 0 Å². The zero-order chi connectivity index (χ0) is 16.1. The number of carbonyl (C=O) groups is 1. The SMILES string of the molecule is CC=CN1C=C(c2ccccc2)C(=O)C(Oc2ccccc2)C1. The Morgan fingerprint density at radius 2 is 1.70 bits per heavy atom. The summed E-state index contributed by atoms with van der Waals surface area (Å²) in [5.74, 6) is 0.724. The number of ketones is 1. The lowest BCUT2D eigenvalue weighted by molar-refractivity contribution is -0.121. The Hall–Kier alpha value is -2.81. The van der Waals surface area contributed by atoms with Gasteiger partial charge in [0, 0.05) is 11.8 Å². The molecule has 2 aromatic carbocycles. The molecule has 1 heterocycles. The minimum Gasteiger partial charge on any atom is -0.480 e. The molecule has 2 aromatic rings. The molecule has 0 amide bonds. The Morgan fingerprint density at radius 3 is 2.35 bits per heavy atom. The monoisotopic (exact) mass is 305 g/mol. The summed E-state index contributed by atoms with van der Waals surface area (Å²) in [4.78, 5) is 14.8. The maximum Gasteiger partial charge on any atom is 0.207 e. The molecule has 0 fully saturated rings. The van der Waals surface area contributed by atoms with Gasteiger partial charge >= 0.3 is 0 Å². The maximum absolute atomic E-state index is 12.8. The summed E-state index contributed by atoms with van der Waals surface area (Å²) in [6, 6.07) is 19.2. The second kappa shape index (κ2) is 6.97. The number of ether oxygens (including phenoxy) is 1. The minimum absolute atomic E-state index is 0.0146. The summed E-state index contributed by atoms with van der Waals surface area (Å²) in [5.41, 5.74) is 1.59. The highest BCUT2D eigenvalue weighted by molar-refractivity contribution is 6.23. The first-order valence-electron chi connectivity index (χ1n) is 7.69. The number of nitrogens with zero attached hydrogens (tertiary/aromatic N) is 1. The van der Waals surface area contributed by atoms with Gasteiger partial charge in [-0.1, -0.05) is 54.6 Å². The third-order valence-corrected chi connectivity index (χ3v) is 3.68. The lowest BCUT2D eigenvalue weighted by Crippen LogP contribution is -2.41. The van der Waals surface area contributed by atoms with Crippen molar-refractivity contribution in [2.75, 3.05) is 6.54 Å². The quantitative estimate of drug-likeness (QED) is 0.858. The van der Waals surface area contributed by atoms with Gasteiger partial charge in [-0.25, -0.2) is 0 Å². The molecule has 1 aliphatic heterocycles. The molecule has 1 atom stereocenters. The van der Waals surface area contributed by atoms with Crippen molar-refractivity contribution in [1.29, 1.82) is 0 Å². The molecule has 0 N–H and O–H groups in total. The number of rotatable bonds is 4. The summed E-state index contributed by atoms with van der Waals surface area (Å²) < 4.78 is 5.93. The molecule has 0 aliphatic carbocycles. The van der Waals surface area contributed by atoms with Gasteiger partial charge in [-0.05, 0) is 30.8 Å². The van der Waals surface area contributed by atoms with Gasteiger partial charge in [-0.2, -0.15) is 0 Å². The Morgan fingerprint density at radius 1 is 1.04 bits per heavy atom. The van der Waals surface area contributed by atoms with E-state index >= 15 is 0 Å². The lowest BCUT2D eigenvalue weighted by Gasteiger charge is -2.30. The molecule has 1 unspecified atom stereocenters. The van der Waals surface area contributed by atoms with Crippen LogP contribution in [-0.4, -0.2) is 23.3 Å². The van der Waals surface area contributed by atoms with Gasteiger partial charge in [0.05, 0.1) is 6.54 Å². The molecule has 0 saturated carbocycles. The van der Waals surface area contributed by atoms with Crippen molar-refractivity contribution in [3.05, 3.63) is 84.7 Å². The van der Waals surface area contributed by atoms with Crippen molar-refractivity contribution < 1.29 is 9.53 Å². The van der Waals surface area contributed by atoms with Crippen molar-refractivity contribution >= 4 is 11.4 Å². The highest BCUT2D eigenvalue weighted by Gasteiger charge is 2.30. The maximum atomic E-state index is 12.8. The van der Waals surface area contributed by atoms with E-state index in [2.05, 4.69) is 0 Å². The van der Waals surface area contributed by atoms with Crippen LogP contribution in [0.25, 0.3) is 5.57 Å². The predicted octanol–water partition coefficient (Wildman–Crippen LogP) is 3.89.